The standard InChI is InChI=1S/C24H27F3N2O7S2/c1-14(16-5-10-21(29-37(4,32)33)17(11-16)13-36-15(2)30)28-22(31)20-12-23(20,3)18-6-8-19(9-7-18)38(34,35)24(25,26)27/h5-11,14,20,29H,12-13H2,1-4H3,(H,28,31)/t14-,20?,23?/m1/s1. The minimum Gasteiger partial charge on any atom is -0.461 e. The number of esters is 1. The Kier molecular flexibility index (Phi) is 7.91. The van der Waals surface area contributed by atoms with Crippen LogP contribution in [0.1, 0.15) is 49.9 Å². The summed E-state index contributed by atoms with van der Waals surface area (Å²) in [5, 5.41) is 2.87. The van der Waals surface area contributed by atoms with Gasteiger partial charge in [-0.25, -0.2) is 16.8 Å². The van der Waals surface area contributed by atoms with Gasteiger partial charge in [0.1, 0.15) is 6.61 Å². The molecule has 0 aromatic heterocycles. The molecule has 0 saturated heterocycles. The van der Waals surface area contributed by atoms with Gasteiger partial charge in [-0.1, -0.05) is 25.1 Å². The highest BCUT2D eigenvalue weighted by molar-refractivity contribution is 7.92. The van der Waals surface area contributed by atoms with E-state index in [0.29, 0.717) is 23.1 Å². The van der Waals surface area contributed by atoms with Gasteiger partial charge in [-0.3, -0.25) is 14.3 Å². The van der Waals surface area contributed by atoms with E-state index < -0.39 is 53.6 Å². The Morgan fingerprint density at radius 2 is 1.71 bits per heavy atom. The quantitative estimate of drug-likeness (QED) is 0.436. The number of alkyl halides is 3. The molecule has 0 aliphatic heterocycles. The van der Waals surface area contributed by atoms with Gasteiger partial charge < -0.3 is 10.1 Å². The molecule has 1 fully saturated rings. The van der Waals surface area contributed by atoms with Crippen LogP contribution in [-0.2, 0) is 46.2 Å². The summed E-state index contributed by atoms with van der Waals surface area (Å²) in [6.45, 7) is 4.50. The molecule has 1 saturated carbocycles. The summed E-state index contributed by atoms with van der Waals surface area (Å²) in [6.07, 6.45) is 1.39. The molecule has 38 heavy (non-hydrogen) atoms. The molecule has 208 valence electrons. The van der Waals surface area contributed by atoms with Crippen LogP contribution in [0, 0.1) is 5.92 Å². The number of hydrogen-bond donors (Lipinski definition) is 2. The first kappa shape index (κ1) is 29.4. The number of hydrogen-bond acceptors (Lipinski definition) is 7. The maximum atomic E-state index is 13.0. The van der Waals surface area contributed by atoms with Crippen molar-refractivity contribution in [2.75, 3.05) is 11.0 Å². The number of nitrogens with one attached hydrogen (secondary N) is 2. The number of amides is 1. The molecular weight excluding hydrogens is 549 g/mol. The van der Waals surface area contributed by atoms with Crippen LogP contribution in [-0.4, -0.2) is 40.5 Å². The van der Waals surface area contributed by atoms with Gasteiger partial charge in [0.2, 0.25) is 15.9 Å². The van der Waals surface area contributed by atoms with Gasteiger partial charge in [0.15, 0.2) is 0 Å². The number of sulfonamides is 1. The van der Waals surface area contributed by atoms with E-state index >= 15 is 0 Å². The van der Waals surface area contributed by atoms with E-state index in [-0.39, 0.29) is 18.2 Å². The predicted molar refractivity (Wildman–Crippen MR) is 132 cm³/mol. The zero-order valence-corrected chi connectivity index (χ0v) is 22.6. The van der Waals surface area contributed by atoms with E-state index in [1.54, 1.807) is 26.0 Å². The van der Waals surface area contributed by atoms with E-state index in [2.05, 4.69) is 10.0 Å². The van der Waals surface area contributed by atoms with Crippen LogP contribution in [0.5, 0.6) is 0 Å². The van der Waals surface area contributed by atoms with Gasteiger partial charge in [-0.15, -0.1) is 0 Å². The largest absolute Gasteiger partial charge is 0.501 e. The SMILES string of the molecule is CC(=O)OCc1cc([C@@H](C)NC(=O)C2CC2(C)c2ccc(S(=O)(=O)C(F)(F)F)cc2)ccc1NS(C)(=O)=O. The molecule has 3 atom stereocenters. The molecule has 3 rings (SSSR count). The second-order valence-corrected chi connectivity index (χ2v) is 13.1. The summed E-state index contributed by atoms with van der Waals surface area (Å²) in [5.41, 5.74) is -4.34. The second-order valence-electron chi connectivity index (χ2n) is 9.45. The molecule has 0 spiro atoms. The molecule has 0 heterocycles. The molecule has 2 unspecified atom stereocenters. The summed E-state index contributed by atoms with van der Waals surface area (Å²) in [7, 11) is -9.07. The average molecular weight is 577 g/mol. The minimum absolute atomic E-state index is 0.192. The molecule has 9 nitrogen and oxygen atoms in total. The first-order valence-electron chi connectivity index (χ1n) is 11.3. The summed E-state index contributed by atoms with van der Waals surface area (Å²) in [6, 6.07) is 8.53. The third-order valence-electron chi connectivity index (χ3n) is 6.40. The molecule has 1 aliphatic rings. The first-order valence-corrected chi connectivity index (χ1v) is 14.7. The van der Waals surface area contributed by atoms with Crippen LogP contribution in [0.2, 0.25) is 0 Å². The lowest BCUT2D eigenvalue weighted by atomic mass is 9.95. The Morgan fingerprint density at radius 1 is 1.11 bits per heavy atom. The van der Waals surface area contributed by atoms with E-state index in [1.807, 2.05) is 0 Å². The number of carbonyl (C=O) groups excluding carboxylic acids is 2. The fourth-order valence-electron chi connectivity index (χ4n) is 4.09. The number of sulfone groups is 1. The van der Waals surface area contributed by atoms with Crippen LogP contribution in [0.25, 0.3) is 0 Å². The molecule has 2 aromatic rings. The fraction of sp³-hybridized carbons (Fsp3) is 0.417. The number of carbonyl (C=O) groups is 2. The highest BCUT2D eigenvalue weighted by Gasteiger charge is 2.56. The molecule has 0 bridgehead atoms. The Balaban J connectivity index is 1.74. The normalized spacial score (nSPS) is 20.3. The number of rotatable bonds is 9. The van der Waals surface area contributed by atoms with Crippen LogP contribution in [0.4, 0.5) is 18.9 Å². The van der Waals surface area contributed by atoms with Crippen molar-refractivity contribution in [3.05, 3.63) is 59.2 Å². The first-order chi connectivity index (χ1) is 17.3. The Bertz CT molecular complexity index is 1460. The third kappa shape index (κ3) is 6.46. The molecule has 0 radical (unpaired) electrons. The Labute approximate surface area is 218 Å². The zero-order valence-electron chi connectivity index (χ0n) is 20.9. The van der Waals surface area contributed by atoms with Crippen LogP contribution in [0.15, 0.2) is 47.4 Å². The molecule has 2 N–H and O–H groups in total. The summed E-state index contributed by atoms with van der Waals surface area (Å²) in [4.78, 5) is 23.4. The van der Waals surface area contributed by atoms with Crippen LogP contribution in [0.3, 0.4) is 0 Å². The topological polar surface area (TPSA) is 136 Å². The zero-order chi connectivity index (χ0) is 28.7. The highest BCUT2D eigenvalue weighted by atomic mass is 32.2. The maximum absolute atomic E-state index is 13.0. The third-order valence-corrected chi connectivity index (χ3v) is 8.49. The maximum Gasteiger partial charge on any atom is 0.501 e. The number of ether oxygens (including phenoxy) is 1. The Morgan fingerprint density at radius 3 is 2.24 bits per heavy atom. The molecule has 14 heteroatoms. The van der Waals surface area contributed by atoms with Crippen molar-refractivity contribution in [3.63, 3.8) is 0 Å². The monoisotopic (exact) mass is 576 g/mol. The van der Waals surface area contributed by atoms with Gasteiger partial charge in [0, 0.05) is 23.8 Å². The van der Waals surface area contributed by atoms with E-state index in [1.165, 1.54) is 25.1 Å². The van der Waals surface area contributed by atoms with E-state index in [9.17, 15) is 39.6 Å². The number of anilines is 1. The van der Waals surface area contributed by atoms with Crippen molar-refractivity contribution in [1.29, 1.82) is 0 Å². The predicted octanol–water partition coefficient (Wildman–Crippen LogP) is 3.57. The smallest absolute Gasteiger partial charge is 0.461 e. The van der Waals surface area contributed by atoms with Gasteiger partial charge in [0.25, 0.3) is 9.84 Å². The second kappa shape index (κ2) is 10.2. The van der Waals surface area contributed by atoms with Crippen molar-refractivity contribution in [3.8, 4) is 0 Å². The molecule has 2 aromatic carbocycles. The lowest BCUT2D eigenvalue weighted by molar-refractivity contribution is -0.142. The summed E-state index contributed by atoms with van der Waals surface area (Å²) >= 11 is 0. The summed E-state index contributed by atoms with van der Waals surface area (Å²) < 4.78 is 92.3. The van der Waals surface area contributed by atoms with Gasteiger partial charge in [-0.05, 0) is 48.7 Å². The van der Waals surface area contributed by atoms with Crippen molar-refractivity contribution in [2.45, 2.75) is 55.7 Å². The van der Waals surface area contributed by atoms with Gasteiger partial charge >= 0.3 is 11.5 Å². The van der Waals surface area contributed by atoms with E-state index in [4.69, 9.17) is 4.74 Å². The van der Waals surface area contributed by atoms with Crippen molar-refractivity contribution in [2.24, 2.45) is 5.92 Å². The molecule has 1 amide bonds. The lowest BCUT2D eigenvalue weighted by Gasteiger charge is -2.19. The highest BCUT2D eigenvalue weighted by Crippen LogP contribution is 2.54. The lowest BCUT2D eigenvalue weighted by Crippen LogP contribution is -2.30. The fourth-order valence-corrected chi connectivity index (χ4v) is 5.45. The molecular formula is C24H27F3N2O7S2. The van der Waals surface area contributed by atoms with Gasteiger partial charge in [0.05, 0.1) is 22.9 Å². The number of benzene rings is 2. The van der Waals surface area contributed by atoms with Crippen molar-refractivity contribution >= 4 is 37.4 Å². The van der Waals surface area contributed by atoms with Crippen LogP contribution < -0.4 is 10.0 Å². The average Bonchev–Trinajstić information content (AvgIpc) is 3.49. The van der Waals surface area contributed by atoms with Crippen molar-refractivity contribution < 1.29 is 44.3 Å². The van der Waals surface area contributed by atoms with Gasteiger partial charge in [-0.2, -0.15) is 13.2 Å². The molecule has 1 aliphatic carbocycles. The van der Waals surface area contributed by atoms with Crippen LogP contribution >= 0.6 is 0 Å². The minimum atomic E-state index is -5.47. The number of halogens is 3. The van der Waals surface area contributed by atoms with Crippen molar-refractivity contribution in [1.82, 2.24) is 5.32 Å². The summed E-state index contributed by atoms with van der Waals surface area (Å²) in [5.74, 6) is -1.37. The van der Waals surface area contributed by atoms with E-state index in [0.717, 1.165) is 18.4 Å². The Hall–Kier alpha value is -3.13.